The molecule has 17 heteroatoms. The number of nitrogens with one attached hydrogen (secondary N) is 1. The monoisotopic (exact) mass is 878 g/mol. The molecule has 1 heterocycles. The number of alkyl halides is 3. The standard InChI is InChI=1S/C10H17NO4S.C8H3F3I3NO3S/c1-9(2)10(12)15-6-3-11-4-7-16(13,14)8-5-11;9-8(10,11)19(17,18)15-7(16)4-1-3(12)2-5(13)6(4)14/h1,3-8H2,2H3;1-2H,(H,15,16). The SMILES string of the molecule is C=C(C)C(=O)OCC[NH+]1CCS(=O)(=O)CC1.O=S(=O)(N=C([O-])c1cc(I)cc(I)c1I)C(F)(F)F. The van der Waals surface area contributed by atoms with Crippen molar-refractivity contribution in [1.29, 1.82) is 0 Å². The number of esters is 1. The van der Waals surface area contributed by atoms with Crippen LogP contribution in [0.15, 0.2) is 28.7 Å². The van der Waals surface area contributed by atoms with Crippen LogP contribution in [0.5, 0.6) is 0 Å². The van der Waals surface area contributed by atoms with Gasteiger partial charge in [0.05, 0.1) is 24.6 Å². The number of sulfonamides is 1. The third-order valence-corrected chi connectivity index (χ3v) is 10.6. The molecule has 1 saturated heterocycles. The number of hydrogen-bond acceptors (Lipinski definition) is 7. The summed E-state index contributed by atoms with van der Waals surface area (Å²) in [6, 6.07) is 2.97. The molecule has 0 atom stereocenters. The summed E-state index contributed by atoms with van der Waals surface area (Å²) >= 11 is 5.49. The van der Waals surface area contributed by atoms with E-state index in [9.17, 15) is 39.9 Å². The van der Waals surface area contributed by atoms with E-state index in [1.165, 1.54) is 11.0 Å². The quantitative estimate of drug-likeness (QED) is 0.112. The van der Waals surface area contributed by atoms with Crippen LogP contribution in [0, 0.1) is 10.7 Å². The summed E-state index contributed by atoms with van der Waals surface area (Å²) in [5.41, 5.74) is -5.37. The predicted molar refractivity (Wildman–Crippen MR) is 146 cm³/mol. The highest BCUT2D eigenvalue weighted by Crippen LogP contribution is 2.27. The van der Waals surface area contributed by atoms with Gasteiger partial charge in [0, 0.05) is 27.7 Å². The maximum Gasteiger partial charge on any atom is 0.518 e. The smallest absolute Gasteiger partial charge is 0.518 e. The van der Waals surface area contributed by atoms with Gasteiger partial charge in [0.2, 0.25) is 0 Å². The summed E-state index contributed by atoms with van der Waals surface area (Å²) < 4.78 is 89.1. The Morgan fingerprint density at radius 2 is 1.77 bits per heavy atom. The Hall–Kier alpha value is -0.260. The maximum absolute atomic E-state index is 12.1. The molecule has 1 aromatic carbocycles. The average molecular weight is 878 g/mol. The molecule has 0 aromatic heterocycles. The van der Waals surface area contributed by atoms with Crippen LogP contribution in [-0.4, -0.2) is 72.0 Å². The van der Waals surface area contributed by atoms with Crippen molar-refractivity contribution in [3.8, 4) is 0 Å². The zero-order chi connectivity index (χ0) is 27.2. The summed E-state index contributed by atoms with van der Waals surface area (Å²) in [6.45, 7) is 7.27. The highest BCUT2D eigenvalue weighted by Gasteiger charge is 2.45. The number of quaternary nitrogens is 1. The Balaban J connectivity index is 0.000000355. The van der Waals surface area contributed by atoms with Crippen molar-refractivity contribution in [2.45, 2.75) is 12.4 Å². The molecule has 0 radical (unpaired) electrons. The molecule has 9 nitrogen and oxygen atoms in total. The molecule has 0 amide bonds. The molecule has 0 saturated carbocycles. The number of carbonyl (C=O) groups is 1. The van der Waals surface area contributed by atoms with E-state index in [-0.39, 0.29) is 23.0 Å². The van der Waals surface area contributed by atoms with E-state index < -0.39 is 31.3 Å². The molecular weight excluding hydrogens is 858 g/mol. The first-order chi connectivity index (χ1) is 15.9. The third-order valence-electron chi connectivity index (χ3n) is 4.29. The summed E-state index contributed by atoms with van der Waals surface area (Å²) in [5.74, 6) is -1.35. The molecule has 0 aliphatic carbocycles. The van der Waals surface area contributed by atoms with Gasteiger partial charge in [-0.05, 0) is 86.8 Å². The second-order valence-electron chi connectivity index (χ2n) is 7.13. The van der Waals surface area contributed by atoms with Crippen molar-refractivity contribution in [3.63, 3.8) is 0 Å². The van der Waals surface area contributed by atoms with Gasteiger partial charge in [-0.2, -0.15) is 26.0 Å². The first kappa shape index (κ1) is 32.8. The fourth-order valence-electron chi connectivity index (χ4n) is 2.41. The summed E-state index contributed by atoms with van der Waals surface area (Å²) in [4.78, 5) is 12.2. The number of nitrogens with zero attached hydrogens (tertiary/aromatic N) is 1. The van der Waals surface area contributed by atoms with Gasteiger partial charge in [-0.1, -0.05) is 6.58 Å². The molecule has 0 unspecified atom stereocenters. The van der Waals surface area contributed by atoms with Crippen molar-refractivity contribution >= 4 is 99.5 Å². The van der Waals surface area contributed by atoms with Gasteiger partial charge in [-0.25, -0.2) is 13.2 Å². The topological polar surface area (TPSA) is 134 Å². The number of sulfone groups is 1. The fraction of sp³-hybridized carbons (Fsp3) is 0.444. The number of ether oxygens (including phenoxy) is 1. The van der Waals surface area contributed by atoms with Gasteiger partial charge >= 0.3 is 21.5 Å². The Labute approximate surface area is 242 Å². The van der Waals surface area contributed by atoms with Gasteiger partial charge in [-0.3, -0.25) is 0 Å². The van der Waals surface area contributed by atoms with Crippen LogP contribution in [0.25, 0.3) is 0 Å². The minimum atomic E-state index is -5.82. The normalized spacial score (nSPS) is 16.7. The second kappa shape index (κ2) is 13.5. The molecular formula is C18H20F3I3N2O7S2. The number of halogens is 6. The van der Waals surface area contributed by atoms with Crippen molar-refractivity contribution in [1.82, 2.24) is 0 Å². The first-order valence-corrected chi connectivity index (χ1v) is 16.0. The zero-order valence-corrected chi connectivity index (χ0v) is 26.1. The molecule has 1 fully saturated rings. The highest BCUT2D eigenvalue weighted by atomic mass is 127. The number of rotatable bonds is 6. The van der Waals surface area contributed by atoms with E-state index in [0.717, 1.165) is 0 Å². The number of carbonyl (C=O) groups excluding carboxylic acids is 1. The minimum absolute atomic E-state index is 0.176. The molecule has 35 heavy (non-hydrogen) atoms. The third kappa shape index (κ3) is 10.9. The van der Waals surface area contributed by atoms with Crippen molar-refractivity contribution in [3.05, 3.63) is 40.6 Å². The Kier molecular flexibility index (Phi) is 12.6. The lowest BCUT2D eigenvalue weighted by atomic mass is 10.2. The average Bonchev–Trinajstić information content (AvgIpc) is 2.71. The lowest BCUT2D eigenvalue weighted by Gasteiger charge is -2.23. The molecule has 2 rings (SSSR count). The summed E-state index contributed by atoms with van der Waals surface area (Å²) in [7, 11) is -8.63. The number of benzene rings is 1. The molecule has 1 N–H and O–H groups in total. The van der Waals surface area contributed by atoms with Crippen LogP contribution < -0.4 is 10.0 Å². The maximum atomic E-state index is 12.1. The van der Waals surface area contributed by atoms with E-state index >= 15 is 0 Å². The zero-order valence-electron chi connectivity index (χ0n) is 18.0. The Bertz CT molecular complexity index is 1190. The minimum Gasteiger partial charge on any atom is -0.858 e. The van der Waals surface area contributed by atoms with Gasteiger partial charge in [0.15, 0.2) is 9.84 Å². The molecule has 198 valence electrons. The van der Waals surface area contributed by atoms with E-state index in [4.69, 9.17) is 4.74 Å². The molecule has 1 aliphatic heterocycles. The summed E-state index contributed by atoms with van der Waals surface area (Å²) in [5, 5.41) is 11.6. The van der Waals surface area contributed by atoms with E-state index in [1.54, 1.807) is 35.6 Å². The van der Waals surface area contributed by atoms with Crippen molar-refractivity contribution < 1.29 is 49.5 Å². The van der Waals surface area contributed by atoms with Gasteiger partial charge in [0.1, 0.15) is 13.2 Å². The molecule has 0 spiro atoms. The largest absolute Gasteiger partial charge is 0.858 e. The van der Waals surface area contributed by atoms with Crippen LogP contribution in [0.2, 0.25) is 0 Å². The van der Waals surface area contributed by atoms with Gasteiger partial charge in [0.25, 0.3) is 0 Å². The Morgan fingerprint density at radius 3 is 2.26 bits per heavy atom. The van der Waals surface area contributed by atoms with Crippen LogP contribution >= 0.6 is 67.8 Å². The van der Waals surface area contributed by atoms with E-state index in [1.807, 2.05) is 45.2 Å². The fourth-order valence-corrected chi connectivity index (χ4v) is 6.62. The van der Waals surface area contributed by atoms with E-state index in [0.29, 0.717) is 42.5 Å². The van der Waals surface area contributed by atoms with Crippen LogP contribution in [0.1, 0.15) is 12.5 Å². The lowest BCUT2D eigenvalue weighted by Crippen LogP contribution is -3.14. The lowest BCUT2D eigenvalue weighted by molar-refractivity contribution is -0.896. The molecule has 1 aliphatic rings. The van der Waals surface area contributed by atoms with E-state index in [2.05, 4.69) is 11.0 Å². The summed E-state index contributed by atoms with van der Waals surface area (Å²) in [6.07, 6.45) is 0. The second-order valence-corrected chi connectivity index (χ2v) is 14.5. The Morgan fingerprint density at radius 1 is 1.23 bits per heavy atom. The highest BCUT2D eigenvalue weighted by molar-refractivity contribution is 14.1. The van der Waals surface area contributed by atoms with Gasteiger partial charge < -0.3 is 14.7 Å². The van der Waals surface area contributed by atoms with Crippen LogP contribution in [0.4, 0.5) is 13.2 Å². The van der Waals surface area contributed by atoms with Crippen molar-refractivity contribution in [2.75, 3.05) is 37.7 Å². The number of hydrogen-bond donors (Lipinski definition) is 1. The molecule has 1 aromatic rings. The van der Waals surface area contributed by atoms with Crippen LogP contribution in [0.3, 0.4) is 0 Å². The molecule has 0 bridgehead atoms. The first-order valence-electron chi connectivity index (χ1n) is 9.46. The van der Waals surface area contributed by atoms with Gasteiger partial charge in [-0.15, -0.1) is 0 Å². The predicted octanol–water partition coefficient (Wildman–Crippen LogP) is 0.876. The van der Waals surface area contributed by atoms with Crippen LogP contribution in [-0.2, 0) is 29.4 Å². The van der Waals surface area contributed by atoms with Crippen molar-refractivity contribution in [2.24, 2.45) is 4.40 Å².